The third-order valence-electron chi connectivity index (χ3n) is 5.96. The Kier molecular flexibility index (Phi) is 6.98. The maximum Gasteiger partial charge on any atom is 0.236 e. The normalized spacial score (nSPS) is 14.9. The molecule has 180 valence electrons. The van der Waals surface area contributed by atoms with Gasteiger partial charge in [-0.15, -0.1) is 0 Å². The summed E-state index contributed by atoms with van der Waals surface area (Å²) in [6.45, 7) is 3.67. The molecule has 1 fully saturated rings. The van der Waals surface area contributed by atoms with Crippen LogP contribution in [0.2, 0.25) is 5.02 Å². The number of sulfone groups is 1. The summed E-state index contributed by atoms with van der Waals surface area (Å²) >= 11 is 9.41. The molecule has 3 aromatic carbocycles. The average molecular weight is 573 g/mol. The Morgan fingerprint density at radius 2 is 1.54 bits per heavy atom. The fraction of sp³-hybridized carbons (Fsp3) is 0.192. The van der Waals surface area contributed by atoms with Crippen molar-refractivity contribution in [3.05, 3.63) is 93.9 Å². The number of oxazole rings is 1. The number of piperazine rings is 1. The summed E-state index contributed by atoms with van der Waals surface area (Å²) in [4.78, 5) is 8.94. The van der Waals surface area contributed by atoms with Crippen molar-refractivity contribution in [2.75, 3.05) is 31.1 Å². The van der Waals surface area contributed by atoms with Gasteiger partial charge in [0.25, 0.3) is 0 Å². The lowest BCUT2D eigenvalue weighted by atomic mass is 10.2. The number of anilines is 1. The molecule has 0 unspecified atom stereocenters. The monoisotopic (exact) mass is 571 g/mol. The minimum atomic E-state index is -3.92. The molecule has 0 bridgehead atoms. The number of rotatable bonds is 6. The van der Waals surface area contributed by atoms with E-state index in [0.29, 0.717) is 23.7 Å². The molecule has 0 aliphatic carbocycles. The topological polar surface area (TPSA) is 66.7 Å². The highest BCUT2D eigenvalue weighted by Crippen LogP contribution is 2.35. The summed E-state index contributed by atoms with van der Waals surface area (Å²) in [6, 6.07) is 23.9. The van der Waals surface area contributed by atoms with Gasteiger partial charge in [0.05, 0.1) is 4.90 Å². The minimum Gasteiger partial charge on any atom is -0.419 e. The van der Waals surface area contributed by atoms with Crippen molar-refractivity contribution in [1.29, 1.82) is 0 Å². The summed E-state index contributed by atoms with van der Waals surface area (Å²) in [5.41, 5.74) is 1.96. The Labute approximate surface area is 218 Å². The highest BCUT2D eigenvalue weighted by atomic mass is 79.9. The molecule has 35 heavy (non-hydrogen) atoms. The van der Waals surface area contributed by atoms with Crippen LogP contribution in [0.1, 0.15) is 5.56 Å². The van der Waals surface area contributed by atoms with Crippen LogP contribution in [-0.2, 0) is 16.4 Å². The lowest BCUT2D eigenvalue weighted by Crippen LogP contribution is -2.46. The first-order chi connectivity index (χ1) is 16.9. The van der Waals surface area contributed by atoms with E-state index in [1.807, 2.05) is 47.4 Å². The van der Waals surface area contributed by atoms with Crippen LogP contribution < -0.4 is 4.90 Å². The molecular formula is C26H23BrClN3O3S. The van der Waals surface area contributed by atoms with Crippen LogP contribution in [0.3, 0.4) is 0 Å². The fourth-order valence-corrected chi connectivity index (χ4v) is 5.78. The molecule has 1 aromatic heterocycles. The molecule has 0 saturated carbocycles. The van der Waals surface area contributed by atoms with Crippen molar-refractivity contribution in [3.63, 3.8) is 0 Å². The van der Waals surface area contributed by atoms with E-state index in [-0.39, 0.29) is 21.7 Å². The van der Waals surface area contributed by atoms with Crippen molar-refractivity contribution in [2.24, 2.45) is 0 Å². The molecule has 2 heterocycles. The van der Waals surface area contributed by atoms with E-state index in [1.54, 1.807) is 12.1 Å². The van der Waals surface area contributed by atoms with Crippen LogP contribution in [0, 0.1) is 0 Å². The predicted molar refractivity (Wildman–Crippen MR) is 140 cm³/mol. The first-order valence-electron chi connectivity index (χ1n) is 11.2. The zero-order valence-electron chi connectivity index (χ0n) is 18.8. The number of halogens is 2. The molecule has 4 aromatic rings. The smallest absolute Gasteiger partial charge is 0.236 e. The van der Waals surface area contributed by atoms with Crippen LogP contribution in [0.5, 0.6) is 0 Å². The summed E-state index contributed by atoms with van der Waals surface area (Å²) < 4.78 is 34.3. The van der Waals surface area contributed by atoms with Crippen LogP contribution in [0.15, 0.2) is 97.7 Å². The van der Waals surface area contributed by atoms with Gasteiger partial charge in [-0.25, -0.2) is 8.42 Å². The van der Waals surface area contributed by atoms with Gasteiger partial charge in [0.15, 0.2) is 0 Å². The van der Waals surface area contributed by atoms with E-state index in [4.69, 9.17) is 16.0 Å². The van der Waals surface area contributed by atoms with Crippen LogP contribution in [0.25, 0.3) is 11.5 Å². The molecule has 1 saturated heterocycles. The van der Waals surface area contributed by atoms with E-state index in [1.165, 1.54) is 17.7 Å². The van der Waals surface area contributed by atoms with Gasteiger partial charge in [-0.3, -0.25) is 4.90 Å². The van der Waals surface area contributed by atoms with E-state index >= 15 is 0 Å². The van der Waals surface area contributed by atoms with Crippen molar-refractivity contribution in [2.45, 2.75) is 16.5 Å². The van der Waals surface area contributed by atoms with Gasteiger partial charge < -0.3 is 9.32 Å². The van der Waals surface area contributed by atoms with Gasteiger partial charge in [-0.2, -0.15) is 4.98 Å². The highest BCUT2D eigenvalue weighted by molar-refractivity contribution is 9.10. The standard InChI is InChI=1S/C26H23BrClN3O3S/c27-21-8-6-20(7-9-21)24-29-25(35(32,33)23-12-10-22(28)11-13-23)26(34-24)31-16-14-30(15-17-31)18-19-4-2-1-3-5-19/h1-13H,14-18H2. The number of hydrogen-bond donors (Lipinski definition) is 0. The zero-order chi connectivity index (χ0) is 24.4. The lowest BCUT2D eigenvalue weighted by molar-refractivity contribution is 0.245. The maximum atomic E-state index is 13.6. The van der Waals surface area contributed by atoms with Gasteiger partial charge in [0.1, 0.15) is 0 Å². The summed E-state index contributed by atoms with van der Waals surface area (Å²) in [7, 11) is -3.92. The van der Waals surface area contributed by atoms with E-state index in [2.05, 4.69) is 37.9 Å². The largest absolute Gasteiger partial charge is 0.419 e. The zero-order valence-corrected chi connectivity index (χ0v) is 21.9. The third-order valence-corrected chi connectivity index (χ3v) is 8.41. The first-order valence-corrected chi connectivity index (χ1v) is 13.8. The SMILES string of the molecule is O=S(=O)(c1ccc(Cl)cc1)c1nc(-c2ccc(Br)cc2)oc1N1CCN(Cc2ccccc2)CC1. The number of benzene rings is 3. The second-order valence-electron chi connectivity index (χ2n) is 8.34. The molecule has 0 N–H and O–H groups in total. The van der Waals surface area contributed by atoms with Crippen molar-refractivity contribution in [1.82, 2.24) is 9.88 Å². The van der Waals surface area contributed by atoms with Gasteiger partial charge in [-0.05, 0) is 54.1 Å². The van der Waals surface area contributed by atoms with E-state index in [0.717, 1.165) is 24.1 Å². The molecule has 1 aliphatic rings. The first kappa shape index (κ1) is 24.1. The van der Waals surface area contributed by atoms with Gasteiger partial charge >= 0.3 is 0 Å². The average Bonchev–Trinajstić information content (AvgIpc) is 3.32. The van der Waals surface area contributed by atoms with E-state index in [9.17, 15) is 8.42 Å². The summed E-state index contributed by atoms with van der Waals surface area (Å²) in [5.74, 6) is 0.545. The van der Waals surface area contributed by atoms with Crippen molar-refractivity contribution in [3.8, 4) is 11.5 Å². The third kappa shape index (κ3) is 5.30. The van der Waals surface area contributed by atoms with Gasteiger partial charge in [0.2, 0.25) is 26.6 Å². The maximum absolute atomic E-state index is 13.6. The summed E-state index contributed by atoms with van der Waals surface area (Å²) in [6.07, 6.45) is 0. The lowest BCUT2D eigenvalue weighted by Gasteiger charge is -2.34. The predicted octanol–water partition coefficient (Wildman–Crippen LogP) is 5.91. The second kappa shape index (κ2) is 10.1. The Bertz CT molecular complexity index is 1400. The molecule has 1 aliphatic heterocycles. The molecule has 0 spiro atoms. The number of aromatic nitrogens is 1. The van der Waals surface area contributed by atoms with Gasteiger partial charge in [-0.1, -0.05) is 57.9 Å². The molecule has 5 rings (SSSR count). The second-order valence-corrected chi connectivity index (χ2v) is 11.6. The number of nitrogens with zero attached hydrogens (tertiary/aromatic N) is 3. The molecule has 6 nitrogen and oxygen atoms in total. The van der Waals surface area contributed by atoms with Crippen LogP contribution >= 0.6 is 27.5 Å². The highest BCUT2D eigenvalue weighted by Gasteiger charge is 2.32. The fourth-order valence-electron chi connectivity index (χ4n) is 4.06. The van der Waals surface area contributed by atoms with Crippen LogP contribution in [-0.4, -0.2) is 44.5 Å². The molecule has 0 atom stereocenters. The van der Waals surface area contributed by atoms with Gasteiger partial charge in [0, 0.05) is 47.8 Å². The Balaban J connectivity index is 1.46. The summed E-state index contributed by atoms with van der Waals surface area (Å²) in [5, 5.41) is 0.392. The Hall–Kier alpha value is -2.65. The van der Waals surface area contributed by atoms with Crippen LogP contribution in [0.4, 0.5) is 5.88 Å². The molecule has 0 radical (unpaired) electrons. The molecule has 9 heteroatoms. The quantitative estimate of drug-likeness (QED) is 0.286. The van der Waals surface area contributed by atoms with E-state index < -0.39 is 9.84 Å². The molecular weight excluding hydrogens is 550 g/mol. The number of hydrogen-bond acceptors (Lipinski definition) is 6. The minimum absolute atomic E-state index is 0.0748. The Morgan fingerprint density at radius 1 is 0.886 bits per heavy atom. The van der Waals surface area contributed by atoms with Crippen molar-refractivity contribution < 1.29 is 12.8 Å². The Morgan fingerprint density at radius 3 is 2.20 bits per heavy atom. The molecule has 0 amide bonds. The van der Waals surface area contributed by atoms with Crippen molar-refractivity contribution >= 4 is 43.3 Å².